The molecule has 152 valence electrons. The van der Waals surface area contributed by atoms with Gasteiger partial charge in [0.25, 0.3) is 0 Å². The molecule has 0 spiro atoms. The van der Waals surface area contributed by atoms with E-state index in [0.717, 1.165) is 16.1 Å². The van der Waals surface area contributed by atoms with Crippen molar-refractivity contribution in [2.75, 3.05) is 25.6 Å². The van der Waals surface area contributed by atoms with Crippen LogP contribution in [0.1, 0.15) is 17.2 Å². The van der Waals surface area contributed by atoms with E-state index in [2.05, 4.69) is 5.32 Å². The van der Waals surface area contributed by atoms with Gasteiger partial charge in [-0.1, -0.05) is 59.6 Å². The van der Waals surface area contributed by atoms with Crippen LogP contribution in [0.4, 0.5) is 0 Å². The van der Waals surface area contributed by atoms with Crippen molar-refractivity contribution in [1.82, 2.24) is 9.62 Å². The van der Waals surface area contributed by atoms with Crippen molar-refractivity contribution in [3.8, 4) is 0 Å². The Labute approximate surface area is 180 Å². The molecule has 28 heavy (non-hydrogen) atoms. The van der Waals surface area contributed by atoms with E-state index in [1.807, 2.05) is 12.1 Å². The number of rotatable bonds is 9. The first-order chi connectivity index (χ1) is 13.2. The van der Waals surface area contributed by atoms with Crippen molar-refractivity contribution in [3.63, 3.8) is 0 Å². The fraction of sp³-hybridized carbons (Fsp3) is 0.316. The minimum atomic E-state index is -3.53. The fourth-order valence-corrected chi connectivity index (χ4v) is 4.53. The number of likely N-dealkylation sites (N-methyl/N-ethyl adjacent to an activating group) is 1. The largest absolute Gasteiger partial charge is 0.354 e. The minimum absolute atomic E-state index is 0.357. The molecule has 0 radical (unpaired) electrons. The van der Waals surface area contributed by atoms with Crippen LogP contribution in [-0.4, -0.2) is 44.2 Å². The molecule has 0 aliphatic heterocycles. The summed E-state index contributed by atoms with van der Waals surface area (Å²) < 4.78 is 25.0. The number of halogens is 2. The van der Waals surface area contributed by atoms with Crippen LogP contribution in [0.25, 0.3) is 0 Å². The van der Waals surface area contributed by atoms with E-state index >= 15 is 0 Å². The first-order valence-corrected chi connectivity index (χ1v) is 12.2. The molecule has 2 aromatic rings. The SMILES string of the molecule is CN([C@@H](C(=O)NCCSCc1ccc(Cl)cc1Cl)c1ccccc1)S(C)(=O)=O. The molecule has 0 saturated heterocycles. The summed E-state index contributed by atoms with van der Waals surface area (Å²) in [6.07, 6.45) is 1.09. The lowest BCUT2D eigenvalue weighted by Crippen LogP contribution is -2.41. The highest BCUT2D eigenvalue weighted by atomic mass is 35.5. The zero-order valence-corrected chi connectivity index (χ0v) is 18.7. The predicted molar refractivity (Wildman–Crippen MR) is 117 cm³/mol. The van der Waals surface area contributed by atoms with E-state index in [9.17, 15) is 13.2 Å². The molecule has 2 rings (SSSR count). The van der Waals surface area contributed by atoms with Crippen molar-refractivity contribution >= 4 is 50.9 Å². The first-order valence-electron chi connectivity index (χ1n) is 8.47. The number of carbonyl (C=O) groups is 1. The highest BCUT2D eigenvalue weighted by Crippen LogP contribution is 2.25. The number of hydrogen-bond acceptors (Lipinski definition) is 4. The van der Waals surface area contributed by atoms with E-state index < -0.39 is 16.1 Å². The van der Waals surface area contributed by atoms with Crippen molar-refractivity contribution in [1.29, 1.82) is 0 Å². The van der Waals surface area contributed by atoms with Gasteiger partial charge in [0.1, 0.15) is 6.04 Å². The Morgan fingerprint density at radius 3 is 2.46 bits per heavy atom. The van der Waals surface area contributed by atoms with Crippen LogP contribution < -0.4 is 5.32 Å². The lowest BCUT2D eigenvalue weighted by molar-refractivity contribution is -0.124. The topological polar surface area (TPSA) is 66.5 Å². The van der Waals surface area contributed by atoms with Gasteiger partial charge in [0, 0.05) is 35.1 Å². The van der Waals surface area contributed by atoms with Gasteiger partial charge in [-0.2, -0.15) is 16.1 Å². The van der Waals surface area contributed by atoms with E-state index in [1.54, 1.807) is 48.2 Å². The van der Waals surface area contributed by atoms with Gasteiger partial charge in [0.05, 0.1) is 6.26 Å². The normalized spacial score (nSPS) is 12.8. The molecule has 0 aromatic heterocycles. The van der Waals surface area contributed by atoms with Gasteiger partial charge in [0.15, 0.2) is 0 Å². The van der Waals surface area contributed by atoms with Crippen LogP contribution in [0.2, 0.25) is 10.0 Å². The highest BCUT2D eigenvalue weighted by molar-refractivity contribution is 7.98. The fourth-order valence-electron chi connectivity index (χ4n) is 2.52. The molecule has 1 atom stereocenters. The molecule has 0 aliphatic rings. The number of nitrogens with one attached hydrogen (secondary N) is 1. The summed E-state index contributed by atoms with van der Waals surface area (Å²) in [5, 5.41) is 4.03. The molecule has 0 saturated carbocycles. The van der Waals surface area contributed by atoms with Crippen LogP contribution in [0.15, 0.2) is 48.5 Å². The van der Waals surface area contributed by atoms with Crippen LogP contribution in [0.5, 0.6) is 0 Å². The molecule has 2 aromatic carbocycles. The summed E-state index contributed by atoms with van der Waals surface area (Å²) in [6.45, 7) is 0.412. The Balaban J connectivity index is 1.93. The lowest BCUT2D eigenvalue weighted by atomic mass is 10.1. The summed E-state index contributed by atoms with van der Waals surface area (Å²) in [5.41, 5.74) is 1.59. The average Bonchev–Trinajstić information content (AvgIpc) is 2.63. The molecule has 1 N–H and O–H groups in total. The molecule has 0 heterocycles. The molecule has 9 heteroatoms. The third-order valence-electron chi connectivity index (χ3n) is 4.07. The molecule has 0 unspecified atom stereocenters. The zero-order chi connectivity index (χ0) is 20.7. The van der Waals surface area contributed by atoms with Crippen molar-refractivity contribution in [2.24, 2.45) is 0 Å². The summed E-state index contributed by atoms with van der Waals surface area (Å²) >= 11 is 13.7. The number of benzene rings is 2. The lowest BCUT2D eigenvalue weighted by Gasteiger charge is -2.25. The Morgan fingerprint density at radius 2 is 1.86 bits per heavy atom. The molecule has 0 aliphatic carbocycles. The summed E-state index contributed by atoms with van der Waals surface area (Å²) in [4.78, 5) is 12.7. The van der Waals surface area contributed by atoms with Crippen molar-refractivity contribution in [2.45, 2.75) is 11.8 Å². The summed E-state index contributed by atoms with van der Waals surface area (Å²) in [6, 6.07) is 13.3. The molecule has 1 amide bonds. The zero-order valence-electron chi connectivity index (χ0n) is 15.6. The Morgan fingerprint density at radius 1 is 1.18 bits per heavy atom. The van der Waals surface area contributed by atoms with Crippen molar-refractivity contribution < 1.29 is 13.2 Å². The van der Waals surface area contributed by atoms with E-state index in [0.29, 0.717) is 33.7 Å². The van der Waals surface area contributed by atoms with Gasteiger partial charge in [-0.15, -0.1) is 0 Å². The second-order valence-corrected chi connectivity index (χ2v) is 10.2. The predicted octanol–water partition coefficient (Wildman–Crippen LogP) is 3.98. The number of nitrogens with zero attached hydrogens (tertiary/aromatic N) is 1. The quantitative estimate of drug-likeness (QED) is 0.574. The second kappa shape index (κ2) is 10.5. The Kier molecular flexibility index (Phi) is 8.64. The van der Waals surface area contributed by atoms with E-state index in [4.69, 9.17) is 23.2 Å². The molecule has 0 fully saturated rings. The van der Waals surface area contributed by atoms with Crippen LogP contribution in [-0.2, 0) is 20.6 Å². The third-order valence-corrected chi connectivity index (χ3v) is 6.92. The Bertz CT molecular complexity index is 909. The first kappa shape index (κ1) is 23.0. The smallest absolute Gasteiger partial charge is 0.243 e. The number of thioether (sulfide) groups is 1. The number of hydrogen-bond donors (Lipinski definition) is 1. The number of amides is 1. The average molecular weight is 461 g/mol. The molecule has 0 bridgehead atoms. The third kappa shape index (κ3) is 6.67. The standard InChI is InChI=1S/C19H22Cl2N2O3S2/c1-23(28(2,25)26)18(14-6-4-3-5-7-14)19(24)22-10-11-27-13-15-8-9-16(20)12-17(15)21/h3-9,12,18H,10-11,13H2,1-2H3,(H,22,24)/t18-/m1/s1. The number of sulfonamides is 1. The second-order valence-electron chi connectivity index (χ2n) is 6.17. The highest BCUT2D eigenvalue weighted by Gasteiger charge is 2.30. The van der Waals surface area contributed by atoms with Gasteiger partial charge in [-0.3, -0.25) is 4.79 Å². The minimum Gasteiger partial charge on any atom is -0.354 e. The maximum absolute atomic E-state index is 12.7. The van der Waals surface area contributed by atoms with Gasteiger partial charge in [-0.25, -0.2) is 8.42 Å². The Hall–Kier alpha value is -1.25. The molecule has 5 nitrogen and oxygen atoms in total. The maximum atomic E-state index is 12.7. The van der Waals surface area contributed by atoms with Gasteiger partial charge in [0.2, 0.25) is 15.9 Å². The van der Waals surface area contributed by atoms with Gasteiger partial charge < -0.3 is 5.32 Å². The molecular formula is C19H22Cl2N2O3S2. The van der Waals surface area contributed by atoms with Gasteiger partial charge in [-0.05, 0) is 23.3 Å². The van der Waals surface area contributed by atoms with Gasteiger partial charge >= 0.3 is 0 Å². The number of carbonyl (C=O) groups excluding carboxylic acids is 1. The van der Waals surface area contributed by atoms with Crippen molar-refractivity contribution in [3.05, 3.63) is 69.7 Å². The van der Waals surface area contributed by atoms with Crippen LogP contribution in [0.3, 0.4) is 0 Å². The summed E-state index contributed by atoms with van der Waals surface area (Å²) in [7, 11) is -2.13. The maximum Gasteiger partial charge on any atom is 0.243 e. The van der Waals surface area contributed by atoms with E-state index in [1.165, 1.54) is 7.05 Å². The van der Waals surface area contributed by atoms with E-state index in [-0.39, 0.29) is 5.91 Å². The summed E-state index contributed by atoms with van der Waals surface area (Å²) in [5.74, 6) is 0.996. The molecular weight excluding hydrogens is 439 g/mol. The van der Waals surface area contributed by atoms with Crippen LogP contribution in [0, 0.1) is 0 Å². The monoisotopic (exact) mass is 460 g/mol. The van der Waals surface area contributed by atoms with Crippen LogP contribution >= 0.6 is 35.0 Å².